The predicted molar refractivity (Wildman–Crippen MR) is 89.2 cm³/mol. The van der Waals surface area contributed by atoms with Gasteiger partial charge in [-0.1, -0.05) is 0 Å². The number of nitrogens with zero attached hydrogens (tertiary/aromatic N) is 2. The van der Waals surface area contributed by atoms with Crippen LogP contribution in [0.3, 0.4) is 0 Å². The molecule has 1 N–H and O–H groups in total. The largest absolute Gasteiger partial charge is 0.375 e. The zero-order valence-corrected chi connectivity index (χ0v) is 14.0. The van der Waals surface area contributed by atoms with Crippen LogP contribution in [0.25, 0.3) is 0 Å². The first-order chi connectivity index (χ1) is 11.4. The van der Waals surface area contributed by atoms with Gasteiger partial charge in [-0.2, -0.15) is 0 Å². The Morgan fingerprint density at radius 2 is 2.43 bits per heavy atom. The van der Waals surface area contributed by atoms with Crippen molar-refractivity contribution >= 4 is 11.3 Å². The van der Waals surface area contributed by atoms with E-state index in [2.05, 4.69) is 27.0 Å². The molecule has 1 aliphatic heterocycles. The highest BCUT2D eigenvalue weighted by molar-refractivity contribution is 7.09. The van der Waals surface area contributed by atoms with E-state index in [4.69, 9.17) is 9.47 Å². The Kier molecular flexibility index (Phi) is 4.75. The minimum Gasteiger partial charge on any atom is -0.375 e. The van der Waals surface area contributed by atoms with Crippen molar-refractivity contribution in [3.05, 3.63) is 40.6 Å². The number of morpholine rings is 1. The molecule has 2 fully saturated rings. The highest BCUT2D eigenvalue weighted by Gasteiger charge is 2.42. The number of hydrogen-bond donors (Lipinski definition) is 1. The molecule has 1 aliphatic carbocycles. The third-order valence-corrected chi connectivity index (χ3v) is 5.66. The van der Waals surface area contributed by atoms with Crippen LogP contribution in [-0.4, -0.2) is 46.8 Å². The molecule has 0 spiro atoms. The van der Waals surface area contributed by atoms with E-state index in [0.29, 0.717) is 24.7 Å². The maximum Gasteiger partial charge on any atom is 0.118 e. The van der Waals surface area contributed by atoms with Crippen molar-refractivity contribution in [2.75, 3.05) is 19.8 Å². The van der Waals surface area contributed by atoms with Gasteiger partial charge >= 0.3 is 0 Å². The lowest BCUT2D eigenvalue weighted by molar-refractivity contribution is -0.0894. The van der Waals surface area contributed by atoms with Crippen molar-refractivity contribution in [3.63, 3.8) is 0 Å². The van der Waals surface area contributed by atoms with Crippen LogP contribution in [0.4, 0.5) is 0 Å². The van der Waals surface area contributed by atoms with E-state index < -0.39 is 0 Å². The third-order valence-electron chi connectivity index (χ3n) is 4.91. The average molecular weight is 333 g/mol. The van der Waals surface area contributed by atoms with E-state index >= 15 is 0 Å². The van der Waals surface area contributed by atoms with Gasteiger partial charge < -0.3 is 14.5 Å². The molecular formula is C17H23N3O2S. The Labute approximate surface area is 140 Å². The second-order valence-electron chi connectivity index (χ2n) is 6.35. The second-order valence-corrected chi connectivity index (χ2v) is 7.33. The molecule has 1 saturated heterocycles. The van der Waals surface area contributed by atoms with Crippen molar-refractivity contribution in [2.45, 2.75) is 38.1 Å². The molecule has 1 saturated carbocycles. The van der Waals surface area contributed by atoms with Gasteiger partial charge in [-0.25, -0.2) is 4.98 Å². The summed E-state index contributed by atoms with van der Waals surface area (Å²) in [6.07, 6.45) is 6.54. The van der Waals surface area contributed by atoms with Crippen LogP contribution >= 0.6 is 11.3 Å². The fourth-order valence-electron chi connectivity index (χ4n) is 3.82. The number of aromatic nitrogens is 2. The Morgan fingerprint density at radius 3 is 3.26 bits per heavy atom. The SMILES string of the molecule is c1c[nH]c(CN2CCOC3C(COCc4nccs4)CCC32)c1. The lowest BCUT2D eigenvalue weighted by Crippen LogP contribution is -2.50. The Morgan fingerprint density at radius 1 is 1.43 bits per heavy atom. The fraction of sp³-hybridized carbons (Fsp3) is 0.588. The molecule has 0 bridgehead atoms. The molecule has 3 heterocycles. The first kappa shape index (κ1) is 15.3. The Hall–Kier alpha value is -1.21. The summed E-state index contributed by atoms with van der Waals surface area (Å²) in [5.41, 5.74) is 1.29. The lowest BCUT2D eigenvalue weighted by atomic mass is 10.0. The van der Waals surface area contributed by atoms with E-state index in [-0.39, 0.29) is 0 Å². The molecule has 23 heavy (non-hydrogen) atoms. The van der Waals surface area contributed by atoms with Crippen LogP contribution in [0.5, 0.6) is 0 Å². The third kappa shape index (κ3) is 3.50. The van der Waals surface area contributed by atoms with E-state index in [1.807, 2.05) is 17.8 Å². The summed E-state index contributed by atoms with van der Waals surface area (Å²) in [4.78, 5) is 10.1. The van der Waals surface area contributed by atoms with Crippen molar-refractivity contribution in [1.29, 1.82) is 0 Å². The topological polar surface area (TPSA) is 50.4 Å². The van der Waals surface area contributed by atoms with Crippen LogP contribution in [0.2, 0.25) is 0 Å². The number of hydrogen-bond acceptors (Lipinski definition) is 5. The van der Waals surface area contributed by atoms with Crippen LogP contribution in [0.15, 0.2) is 29.9 Å². The monoisotopic (exact) mass is 333 g/mol. The molecule has 124 valence electrons. The van der Waals surface area contributed by atoms with Gasteiger partial charge in [-0.15, -0.1) is 11.3 Å². The van der Waals surface area contributed by atoms with Crippen LogP contribution in [0.1, 0.15) is 23.5 Å². The lowest BCUT2D eigenvalue weighted by Gasteiger charge is -2.39. The molecule has 2 aromatic rings. The summed E-state index contributed by atoms with van der Waals surface area (Å²) in [5, 5.41) is 3.05. The van der Waals surface area contributed by atoms with Gasteiger partial charge in [-0.3, -0.25) is 4.90 Å². The molecule has 0 radical (unpaired) electrons. The van der Waals surface area contributed by atoms with Gasteiger partial charge in [0.2, 0.25) is 0 Å². The van der Waals surface area contributed by atoms with Crippen LogP contribution in [-0.2, 0) is 22.6 Å². The van der Waals surface area contributed by atoms with Gasteiger partial charge in [0.1, 0.15) is 5.01 Å². The van der Waals surface area contributed by atoms with Crippen molar-refractivity contribution in [3.8, 4) is 0 Å². The molecule has 2 aromatic heterocycles. The van der Waals surface area contributed by atoms with E-state index in [0.717, 1.165) is 31.3 Å². The normalized spacial score (nSPS) is 28.1. The van der Waals surface area contributed by atoms with Gasteiger partial charge in [0, 0.05) is 48.5 Å². The molecule has 0 amide bonds. The summed E-state index contributed by atoms with van der Waals surface area (Å²) >= 11 is 1.65. The number of aromatic amines is 1. The predicted octanol–water partition coefficient (Wildman–Crippen LogP) is 2.67. The zero-order chi connectivity index (χ0) is 15.5. The maximum absolute atomic E-state index is 6.11. The molecular weight excluding hydrogens is 310 g/mol. The highest BCUT2D eigenvalue weighted by Crippen LogP contribution is 2.35. The van der Waals surface area contributed by atoms with E-state index in [1.54, 1.807) is 11.3 Å². The van der Waals surface area contributed by atoms with E-state index in [9.17, 15) is 0 Å². The molecule has 0 aromatic carbocycles. The number of fused-ring (bicyclic) bond motifs is 1. The smallest absolute Gasteiger partial charge is 0.118 e. The summed E-state index contributed by atoms with van der Waals surface area (Å²) in [7, 11) is 0. The van der Waals surface area contributed by atoms with Crippen molar-refractivity contribution < 1.29 is 9.47 Å². The highest BCUT2D eigenvalue weighted by atomic mass is 32.1. The second kappa shape index (κ2) is 7.13. The molecule has 4 rings (SSSR count). The summed E-state index contributed by atoms with van der Waals surface area (Å²) < 4.78 is 12.0. The van der Waals surface area contributed by atoms with Crippen LogP contribution < -0.4 is 0 Å². The van der Waals surface area contributed by atoms with Gasteiger partial charge in [-0.05, 0) is 25.0 Å². The Bertz CT molecular complexity index is 587. The number of nitrogens with one attached hydrogen (secondary N) is 1. The number of H-pyrrole nitrogens is 1. The minimum atomic E-state index is 0.315. The van der Waals surface area contributed by atoms with Gasteiger partial charge in [0.25, 0.3) is 0 Å². The van der Waals surface area contributed by atoms with Crippen LogP contribution in [0, 0.1) is 5.92 Å². The molecule has 6 heteroatoms. The molecule has 3 atom stereocenters. The Balaban J connectivity index is 1.31. The fourth-order valence-corrected chi connectivity index (χ4v) is 4.37. The van der Waals surface area contributed by atoms with Gasteiger partial charge in [0.15, 0.2) is 0 Å². The number of rotatable bonds is 6. The molecule has 2 aliphatic rings. The van der Waals surface area contributed by atoms with Crippen molar-refractivity contribution in [1.82, 2.24) is 14.9 Å². The molecule has 3 unspecified atom stereocenters. The first-order valence-corrected chi connectivity index (χ1v) is 9.22. The standard InChI is InChI=1S/C17H23N3O2S/c1-2-14(18-5-1)10-20-7-8-22-17-13(3-4-15(17)20)11-21-12-16-19-6-9-23-16/h1-2,5-6,9,13,15,17-18H,3-4,7-8,10-12H2. The average Bonchev–Trinajstić information content (AvgIpc) is 3.30. The quantitative estimate of drug-likeness (QED) is 0.883. The maximum atomic E-state index is 6.11. The van der Waals surface area contributed by atoms with Gasteiger partial charge in [0.05, 0.1) is 25.9 Å². The first-order valence-electron chi connectivity index (χ1n) is 8.34. The minimum absolute atomic E-state index is 0.315. The van der Waals surface area contributed by atoms with E-state index in [1.165, 1.54) is 18.5 Å². The summed E-state index contributed by atoms with van der Waals surface area (Å²) in [5.74, 6) is 0.506. The number of thiazole rings is 1. The molecule has 5 nitrogen and oxygen atoms in total. The van der Waals surface area contributed by atoms with Crippen molar-refractivity contribution in [2.24, 2.45) is 5.92 Å². The summed E-state index contributed by atoms with van der Waals surface area (Å²) in [6.45, 7) is 4.23. The summed E-state index contributed by atoms with van der Waals surface area (Å²) in [6, 6.07) is 4.76. The number of ether oxygens (including phenoxy) is 2. The zero-order valence-electron chi connectivity index (χ0n) is 13.2.